The van der Waals surface area contributed by atoms with Crippen molar-refractivity contribution in [1.29, 1.82) is 0 Å². The number of halogens is 1. The number of amides is 3. The van der Waals surface area contributed by atoms with Crippen LogP contribution < -0.4 is 16.2 Å². The Balaban J connectivity index is 1.81. The zero-order valence-electron chi connectivity index (χ0n) is 15.9. The molecule has 0 heterocycles. The molecule has 152 valence electrons. The molecule has 2 rings (SSSR count). The summed E-state index contributed by atoms with van der Waals surface area (Å²) in [5.41, 5.74) is 6.14. The van der Waals surface area contributed by atoms with Crippen LogP contribution in [0.3, 0.4) is 0 Å². The van der Waals surface area contributed by atoms with Gasteiger partial charge in [0.15, 0.2) is 0 Å². The molecule has 0 saturated heterocycles. The molecule has 0 bridgehead atoms. The minimum Gasteiger partial charge on any atom is -0.465 e. The van der Waals surface area contributed by atoms with Gasteiger partial charge in [0.05, 0.1) is 12.7 Å². The molecule has 0 unspecified atom stereocenters. The normalized spacial score (nSPS) is 10.0. The van der Waals surface area contributed by atoms with Crippen molar-refractivity contribution in [3.63, 3.8) is 0 Å². The second-order valence-electron chi connectivity index (χ2n) is 6.04. The molecule has 0 saturated carbocycles. The Bertz CT molecular complexity index is 945. The fourth-order valence-corrected chi connectivity index (χ4v) is 2.52. The van der Waals surface area contributed by atoms with E-state index in [0.717, 1.165) is 5.56 Å². The number of benzene rings is 2. The molecule has 0 atom stereocenters. The van der Waals surface area contributed by atoms with Gasteiger partial charge in [-0.2, -0.15) is 0 Å². The van der Waals surface area contributed by atoms with Gasteiger partial charge in [-0.3, -0.25) is 25.2 Å². The van der Waals surface area contributed by atoms with E-state index in [4.69, 9.17) is 11.6 Å². The summed E-state index contributed by atoms with van der Waals surface area (Å²) < 4.78 is 4.59. The average Bonchev–Trinajstić information content (AvgIpc) is 2.73. The predicted molar refractivity (Wildman–Crippen MR) is 107 cm³/mol. The van der Waals surface area contributed by atoms with Crippen LogP contribution >= 0.6 is 11.6 Å². The number of anilines is 1. The SMILES string of the molecule is COC(=O)c1cccc(C(=O)NNC(=O)CCC(=O)Nc2cccc(Cl)c2C)c1. The summed E-state index contributed by atoms with van der Waals surface area (Å²) in [5, 5.41) is 3.21. The van der Waals surface area contributed by atoms with Crippen LogP contribution in [0.1, 0.15) is 39.1 Å². The third-order valence-corrected chi connectivity index (χ3v) is 4.39. The maximum absolute atomic E-state index is 12.1. The number of methoxy groups -OCH3 is 1. The summed E-state index contributed by atoms with van der Waals surface area (Å²) in [6.45, 7) is 1.77. The Labute approximate surface area is 172 Å². The summed E-state index contributed by atoms with van der Waals surface area (Å²) in [7, 11) is 1.24. The van der Waals surface area contributed by atoms with E-state index >= 15 is 0 Å². The van der Waals surface area contributed by atoms with E-state index in [1.165, 1.54) is 31.4 Å². The number of hydrogen-bond acceptors (Lipinski definition) is 5. The predicted octanol–water partition coefficient (Wildman–Crippen LogP) is 2.61. The highest BCUT2D eigenvalue weighted by Gasteiger charge is 2.13. The van der Waals surface area contributed by atoms with Gasteiger partial charge in [-0.1, -0.05) is 23.7 Å². The van der Waals surface area contributed by atoms with Gasteiger partial charge in [0.2, 0.25) is 11.8 Å². The Morgan fingerprint density at radius 3 is 2.31 bits per heavy atom. The van der Waals surface area contributed by atoms with Crippen LogP contribution in [-0.4, -0.2) is 30.8 Å². The lowest BCUT2D eigenvalue weighted by Crippen LogP contribution is -2.41. The van der Waals surface area contributed by atoms with Crippen molar-refractivity contribution < 1.29 is 23.9 Å². The molecule has 0 aliphatic heterocycles. The smallest absolute Gasteiger partial charge is 0.337 e. The van der Waals surface area contributed by atoms with Crippen molar-refractivity contribution in [2.45, 2.75) is 19.8 Å². The van der Waals surface area contributed by atoms with Crippen LogP contribution in [0.2, 0.25) is 5.02 Å². The molecule has 0 aliphatic rings. The molecule has 0 aliphatic carbocycles. The minimum atomic E-state index is -0.608. The Hall–Kier alpha value is -3.39. The van der Waals surface area contributed by atoms with E-state index in [1.54, 1.807) is 25.1 Å². The van der Waals surface area contributed by atoms with E-state index in [-0.39, 0.29) is 29.9 Å². The lowest BCUT2D eigenvalue weighted by molar-refractivity contribution is -0.124. The number of nitrogens with one attached hydrogen (secondary N) is 3. The van der Waals surface area contributed by atoms with Crippen LogP contribution in [-0.2, 0) is 14.3 Å². The number of carbonyl (C=O) groups is 4. The van der Waals surface area contributed by atoms with Gasteiger partial charge in [0, 0.05) is 29.1 Å². The first-order valence-electron chi connectivity index (χ1n) is 8.64. The molecule has 3 amide bonds. The highest BCUT2D eigenvalue weighted by atomic mass is 35.5. The van der Waals surface area contributed by atoms with Gasteiger partial charge in [0.1, 0.15) is 0 Å². The average molecular weight is 418 g/mol. The second-order valence-corrected chi connectivity index (χ2v) is 6.44. The summed E-state index contributed by atoms with van der Waals surface area (Å²) in [6.07, 6.45) is -0.209. The van der Waals surface area contributed by atoms with Crippen LogP contribution in [0.4, 0.5) is 5.69 Å². The molecule has 0 radical (unpaired) electrons. The largest absolute Gasteiger partial charge is 0.465 e. The molecule has 8 nitrogen and oxygen atoms in total. The van der Waals surface area contributed by atoms with Gasteiger partial charge in [0.25, 0.3) is 5.91 Å². The van der Waals surface area contributed by atoms with Crippen molar-refractivity contribution in [2.75, 3.05) is 12.4 Å². The van der Waals surface area contributed by atoms with Gasteiger partial charge in [-0.25, -0.2) is 4.79 Å². The monoisotopic (exact) mass is 417 g/mol. The van der Waals surface area contributed by atoms with Crippen LogP contribution in [0.5, 0.6) is 0 Å². The van der Waals surface area contributed by atoms with Crippen molar-refractivity contribution >= 4 is 41.0 Å². The number of hydrazine groups is 1. The lowest BCUT2D eigenvalue weighted by atomic mass is 10.1. The maximum atomic E-state index is 12.1. The van der Waals surface area contributed by atoms with E-state index < -0.39 is 17.8 Å². The molecular weight excluding hydrogens is 398 g/mol. The molecule has 29 heavy (non-hydrogen) atoms. The first kappa shape index (κ1) is 21.9. The Morgan fingerprint density at radius 1 is 0.931 bits per heavy atom. The summed E-state index contributed by atoms with van der Waals surface area (Å²) >= 11 is 6.00. The number of rotatable bonds is 6. The topological polar surface area (TPSA) is 114 Å². The summed E-state index contributed by atoms with van der Waals surface area (Å²) in [5.74, 6) is -2.09. The third kappa shape index (κ3) is 6.32. The number of carbonyl (C=O) groups excluding carboxylic acids is 4. The zero-order valence-corrected chi connectivity index (χ0v) is 16.6. The number of ether oxygens (including phenoxy) is 1. The second kappa shape index (κ2) is 10.2. The molecule has 0 aromatic heterocycles. The molecule has 9 heteroatoms. The Kier molecular flexibility index (Phi) is 7.73. The van der Waals surface area contributed by atoms with E-state index in [9.17, 15) is 19.2 Å². The molecule has 0 fully saturated rings. The summed E-state index contributed by atoms with van der Waals surface area (Å²) in [6, 6.07) is 11.0. The van der Waals surface area contributed by atoms with Crippen molar-refractivity contribution in [3.05, 3.63) is 64.2 Å². The fraction of sp³-hybridized carbons (Fsp3) is 0.200. The van der Waals surface area contributed by atoms with Gasteiger partial charge in [-0.15, -0.1) is 0 Å². The molecule has 0 spiro atoms. The highest BCUT2D eigenvalue weighted by molar-refractivity contribution is 6.31. The van der Waals surface area contributed by atoms with Gasteiger partial charge in [-0.05, 0) is 42.8 Å². The van der Waals surface area contributed by atoms with Crippen molar-refractivity contribution in [1.82, 2.24) is 10.9 Å². The van der Waals surface area contributed by atoms with Crippen molar-refractivity contribution in [2.24, 2.45) is 0 Å². The van der Waals surface area contributed by atoms with Gasteiger partial charge >= 0.3 is 5.97 Å². The molecule has 2 aromatic rings. The number of esters is 1. The quantitative estimate of drug-likeness (QED) is 0.494. The minimum absolute atomic E-state index is 0.0779. The van der Waals surface area contributed by atoms with E-state index in [1.807, 2.05) is 0 Å². The fourth-order valence-electron chi connectivity index (χ4n) is 2.35. The first-order chi connectivity index (χ1) is 13.8. The first-order valence-corrected chi connectivity index (χ1v) is 9.02. The van der Waals surface area contributed by atoms with Crippen LogP contribution in [0, 0.1) is 6.92 Å². The van der Waals surface area contributed by atoms with E-state index in [0.29, 0.717) is 10.7 Å². The van der Waals surface area contributed by atoms with Gasteiger partial charge < -0.3 is 10.1 Å². The highest BCUT2D eigenvalue weighted by Crippen LogP contribution is 2.23. The van der Waals surface area contributed by atoms with E-state index in [2.05, 4.69) is 20.9 Å². The Morgan fingerprint density at radius 2 is 1.59 bits per heavy atom. The van der Waals surface area contributed by atoms with Crippen LogP contribution in [0.15, 0.2) is 42.5 Å². The standard InChI is InChI=1S/C20H20ClN3O5/c1-12-15(21)7-4-8-16(12)22-17(25)9-10-18(26)23-24-19(27)13-5-3-6-14(11-13)20(28)29-2/h3-8,11H,9-10H2,1-2H3,(H,22,25)(H,23,26)(H,24,27). The van der Waals surface area contributed by atoms with Crippen molar-refractivity contribution in [3.8, 4) is 0 Å². The number of hydrogen-bond donors (Lipinski definition) is 3. The zero-order chi connectivity index (χ0) is 21.4. The molecule has 3 N–H and O–H groups in total. The molecule has 2 aromatic carbocycles. The third-order valence-electron chi connectivity index (χ3n) is 3.98. The lowest BCUT2D eigenvalue weighted by Gasteiger charge is -2.10. The molecular formula is C20H20ClN3O5. The summed E-state index contributed by atoms with van der Waals surface area (Å²) in [4.78, 5) is 47.5. The maximum Gasteiger partial charge on any atom is 0.337 e. The van der Waals surface area contributed by atoms with Crippen LogP contribution in [0.25, 0.3) is 0 Å².